The molecule has 35 heavy (non-hydrogen) atoms. The number of amides is 2. The molecular formula is C19H19N7O7S2. The summed E-state index contributed by atoms with van der Waals surface area (Å²) >= 11 is 2.34. The minimum Gasteiger partial charge on any atom is -0.508 e. The van der Waals surface area contributed by atoms with E-state index in [9.17, 15) is 29.4 Å². The predicted octanol–water partition coefficient (Wildman–Crippen LogP) is -1.01. The Bertz CT molecular complexity index is 1220. The van der Waals surface area contributed by atoms with Crippen LogP contribution >= 0.6 is 23.5 Å². The number of thioether (sulfide) groups is 2. The van der Waals surface area contributed by atoms with Crippen LogP contribution < -0.4 is 11.1 Å². The van der Waals surface area contributed by atoms with Gasteiger partial charge < -0.3 is 26.4 Å². The van der Waals surface area contributed by atoms with E-state index in [1.807, 2.05) is 0 Å². The SMILES string of the molecule is NC(C(=O)NC1C(=O)N2C(C(=O)O)=C(CSc3nnnn3CC(=O)O)CS[C@@H]12)c1ccc(O)cc1. The summed E-state index contributed by atoms with van der Waals surface area (Å²) in [6.45, 7) is -0.449. The molecular weight excluding hydrogens is 502 g/mol. The van der Waals surface area contributed by atoms with Crippen LogP contribution in [0, 0.1) is 0 Å². The lowest BCUT2D eigenvalue weighted by molar-refractivity contribution is -0.150. The Hall–Kier alpha value is -3.63. The molecule has 4 rings (SSSR count). The van der Waals surface area contributed by atoms with Crippen LogP contribution in [0.3, 0.4) is 0 Å². The van der Waals surface area contributed by atoms with Crippen LogP contribution in [0.25, 0.3) is 0 Å². The summed E-state index contributed by atoms with van der Waals surface area (Å²) < 4.78 is 1.07. The number of carbonyl (C=O) groups excluding carboxylic acids is 2. The maximum atomic E-state index is 12.8. The van der Waals surface area contributed by atoms with Gasteiger partial charge in [-0.2, -0.15) is 0 Å². The number of phenolic OH excluding ortho intramolecular Hbond substituents is 1. The highest BCUT2D eigenvalue weighted by atomic mass is 32.2. The molecule has 1 fully saturated rings. The summed E-state index contributed by atoms with van der Waals surface area (Å²) in [6, 6.07) is 3.74. The van der Waals surface area contributed by atoms with Crippen molar-refractivity contribution in [1.29, 1.82) is 0 Å². The zero-order chi connectivity index (χ0) is 25.3. The fourth-order valence-corrected chi connectivity index (χ4v) is 5.91. The van der Waals surface area contributed by atoms with Crippen LogP contribution in [0.1, 0.15) is 11.6 Å². The molecule has 1 aromatic heterocycles. The van der Waals surface area contributed by atoms with Crippen molar-refractivity contribution >= 4 is 47.3 Å². The summed E-state index contributed by atoms with van der Waals surface area (Å²) in [6.07, 6.45) is 0. The number of aromatic hydroxyl groups is 1. The average Bonchev–Trinajstić information content (AvgIpc) is 3.26. The second-order valence-electron chi connectivity index (χ2n) is 7.52. The Kier molecular flexibility index (Phi) is 6.95. The number of carboxylic acid groups (broad SMARTS) is 2. The van der Waals surface area contributed by atoms with Crippen molar-refractivity contribution in [2.24, 2.45) is 5.73 Å². The third-order valence-electron chi connectivity index (χ3n) is 5.24. The van der Waals surface area contributed by atoms with E-state index in [1.165, 1.54) is 36.0 Å². The number of hydrogen-bond acceptors (Lipinski definition) is 11. The molecule has 14 nitrogen and oxygen atoms in total. The molecule has 2 amide bonds. The van der Waals surface area contributed by atoms with E-state index in [1.54, 1.807) is 0 Å². The number of nitrogens with zero attached hydrogens (tertiary/aromatic N) is 5. The van der Waals surface area contributed by atoms with Crippen molar-refractivity contribution < 1.29 is 34.5 Å². The van der Waals surface area contributed by atoms with E-state index >= 15 is 0 Å². The van der Waals surface area contributed by atoms with E-state index < -0.39 is 47.8 Å². The molecule has 2 aliphatic rings. The van der Waals surface area contributed by atoms with Crippen molar-refractivity contribution in [3.8, 4) is 5.75 Å². The smallest absolute Gasteiger partial charge is 0.352 e. The zero-order valence-corrected chi connectivity index (χ0v) is 19.4. The monoisotopic (exact) mass is 521 g/mol. The first kappa shape index (κ1) is 24.5. The van der Waals surface area contributed by atoms with Crippen LogP contribution in [-0.4, -0.2) is 87.1 Å². The van der Waals surface area contributed by atoms with Gasteiger partial charge in [-0.15, -0.1) is 16.9 Å². The van der Waals surface area contributed by atoms with Crippen LogP contribution in [-0.2, 0) is 25.7 Å². The minimum absolute atomic E-state index is 0.0186. The first-order chi connectivity index (χ1) is 16.7. The van der Waals surface area contributed by atoms with Crippen molar-refractivity contribution in [3.05, 3.63) is 41.1 Å². The van der Waals surface area contributed by atoms with E-state index in [2.05, 4.69) is 20.8 Å². The highest BCUT2D eigenvalue weighted by Crippen LogP contribution is 2.41. The summed E-state index contributed by atoms with van der Waals surface area (Å²) in [7, 11) is 0. The molecule has 0 aliphatic carbocycles. The molecule has 2 unspecified atom stereocenters. The van der Waals surface area contributed by atoms with Crippen LogP contribution in [0.4, 0.5) is 0 Å². The number of β-lactam (4-membered cyclic amide) rings is 1. The third-order valence-corrected chi connectivity index (χ3v) is 7.62. The molecule has 2 aliphatic heterocycles. The average molecular weight is 522 g/mol. The number of fused-ring (bicyclic) bond motifs is 1. The Balaban J connectivity index is 1.45. The number of aromatic nitrogens is 4. The lowest BCUT2D eigenvalue weighted by Crippen LogP contribution is -2.71. The lowest BCUT2D eigenvalue weighted by Gasteiger charge is -2.49. The maximum Gasteiger partial charge on any atom is 0.352 e. The van der Waals surface area contributed by atoms with Crippen LogP contribution in [0.15, 0.2) is 40.7 Å². The number of phenols is 1. The normalized spacial score (nSPS) is 20.1. The third kappa shape index (κ3) is 4.94. The second-order valence-corrected chi connectivity index (χ2v) is 9.57. The minimum atomic E-state index is -1.30. The molecule has 6 N–H and O–H groups in total. The van der Waals surface area contributed by atoms with Gasteiger partial charge in [0.15, 0.2) is 0 Å². The van der Waals surface area contributed by atoms with E-state index in [0.717, 1.165) is 21.3 Å². The van der Waals surface area contributed by atoms with Crippen LogP contribution in [0.5, 0.6) is 5.75 Å². The van der Waals surface area contributed by atoms with Crippen molar-refractivity contribution in [2.45, 2.75) is 29.2 Å². The van der Waals surface area contributed by atoms with Gasteiger partial charge in [-0.25, -0.2) is 9.48 Å². The number of tetrazole rings is 1. The van der Waals surface area contributed by atoms with Gasteiger partial charge in [0.05, 0.1) is 0 Å². The summed E-state index contributed by atoms with van der Waals surface area (Å²) in [5.41, 5.74) is 6.66. The fourth-order valence-electron chi connectivity index (χ4n) is 3.55. The van der Waals surface area contributed by atoms with Crippen molar-refractivity contribution in [3.63, 3.8) is 0 Å². The molecule has 3 atom stereocenters. The summed E-state index contributed by atoms with van der Waals surface area (Å²) in [5.74, 6) is -3.22. The van der Waals surface area contributed by atoms with Gasteiger partial charge in [0, 0.05) is 11.5 Å². The largest absolute Gasteiger partial charge is 0.508 e. The topological polar surface area (TPSA) is 214 Å². The van der Waals surface area contributed by atoms with Crippen LogP contribution in [0.2, 0.25) is 0 Å². The van der Waals surface area contributed by atoms with E-state index in [4.69, 9.17) is 10.8 Å². The van der Waals surface area contributed by atoms with Gasteiger partial charge in [-0.05, 0) is 33.7 Å². The predicted molar refractivity (Wildman–Crippen MR) is 121 cm³/mol. The van der Waals surface area contributed by atoms with E-state index in [0.29, 0.717) is 11.1 Å². The zero-order valence-electron chi connectivity index (χ0n) is 17.8. The second kappa shape index (κ2) is 9.93. The summed E-state index contributed by atoms with van der Waals surface area (Å²) in [5, 5.41) is 41.0. The highest BCUT2D eigenvalue weighted by Gasteiger charge is 2.54. The fraction of sp³-hybridized carbons (Fsp3) is 0.316. The highest BCUT2D eigenvalue weighted by molar-refractivity contribution is 8.01. The summed E-state index contributed by atoms with van der Waals surface area (Å²) in [4.78, 5) is 49.5. The number of rotatable bonds is 9. The maximum absolute atomic E-state index is 12.8. The number of carboxylic acids is 2. The molecule has 2 aromatic rings. The molecule has 0 radical (unpaired) electrons. The van der Waals surface area contributed by atoms with E-state index in [-0.39, 0.29) is 28.1 Å². The number of benzene rings is 1. The number of nitrogens with two attached hydrogens (primary N) is 1. The quantitative estimate of drug-likeness (QED) is 0.198. The number of aliphatic carboxylic acids is 2. The van der Waals surface area contributed by atoms with Gasteiger partial charge in [-0.3, -0.25) is 19.3 Å². The number of nitrogens with one attached hydrogen (secondary N) is 1. The van der Waals surface area contributed by atoms with Gasteiger partial charge in [0.1, 0.15) is 35.4 Å². The molecule has 184 valence electrons. The standard InChI is InChI=1S/C19H19N7O7S2/c20-12(8-1-3-10(27)4-2-8)15(30)21-13-16(31)26-14(18(32)33)9(6-34-17(13)26)7-35-19-22-23-24-25(19)5-11(28)29/h1-4,12-13,17,27H,5-7,20H2,(H,21,30)(H,28,29)(H,32,33)/t12?,13?,17-/m0/s1. The Labute approximate surface area is 205 Å². The van der Waals surface area contributed by atoms with Gasteiger partial charge >= 0.3 is 11.9 Å². The lowest BCUT2D eigenvalue weighted by atomic mass is 10.0. The molecule has 16 heteroatoms. The Morgan fingerprint density at radius 1 is 1.26 bits per heavy atom. The molecule has 1 aromatic carbocycles. The molecule has 3 heterocycles. The number of carbonyl (C=O) groups is 4. The van der Waals surface area contributed by atoms with Crippen molar-refractivity contribution in [2.75, 3.05) is 11.5 Å². The Morgan fingerprint density at radius 3 is 2.63 bits per heavy atom. The molecule has 0 spiro atoms. The Morgan fingerprint density at radius 2 is 1.97 bits per heavy atom. The first-order valence-electron chi connectivity index (χ1n) is 10.0. The molecule has 1 saturated heterocycles. The molecule has 0 saturated carbocycles. The first-order valence-corrected chi connectivity index (χ1v) is 12.1. The molecule has 0 bridgehead atoms. The van der Waals surface area contributed by atoms with Crippen molar-refractivity contribution in [1.82, 2.24) is 30.4 Å². The number of hydrogen-bond donors (Lipinski definition) is 5. The van der Waals surface area contributed by atoms with Gasteiger partial charge in [-0.1, -0.05) is 23.9 Å². The van der Waals surface area contributed by atoms with Gasteiger partial charge in [0.2, 0.25) is 11.1 Å². The van der Waals surface area contributed by atoms with Gasteiger partial charge in [0.25, 0.3) is 5.91 Å².